The first-order valence-electron chi connectivity index (χ1n) is 5.66. The van der Waals surface area contributed by atoms with Gasteiger partial charge in [-0.25, -0.2) is 0 Å². The number of methoxy groups -OCH3 is 1. The number of rotatable bonds is 6. The van der Waals surface area contributed by atoms with Crippen LogP contribution >= 0.6 is 0 Å². The number of ether oxygens (including phenoxy) is 1. The molecule has 2 atom stereocenters. The largest absolute Gasteiger partial charge is 0.367 e. The maximum atomic E-state index is 11.9. The highest BCUT2D eigenvalue weighted by Gasteiger charge is 2.41. The van der Waals surface area contributed by atoms with Crippen LogP contribution in [0.25, 0.3) is 0 Å². The molecular weight excluding hydrogens is 192 g/mol. The number of nitrogens with two attached hydrogens (primary N) is 1. The minimum atomic E-state index is -0.890. The quantitative estimate of drug-likeness (QED) is 0.687. The van der Waals surface area contributed by atoms with Crippen molar-refractivity contribution in [3.8, 4) is 0 Å². The fraction of sp³-hybridized carbons (Fsp3) is 0.909. The summed E-state index contributed by atoms with van der Waals surface area (Å²) in [6.07, 6.45) is 3.91. The van der Waals surface area contributed by atoms with Crippen molar-refractivity contribution < 1.29 is 9.53 Å². The number of amides is 1. The molecule has 0 spiro atoms. The summed E-state index contributed by atoms with van der Waals surface area (Å²) in [5, 5.41) is 2.94. The van der Waals surface area contributed by atoms with Gasteiger partial charge in [0.15, 0.2) is 5.60 Å². The molecule has 15 heavy (non-hydrogen) atoms. The Balaban J connectivity index is 2.58. The Morgan fingerprint density at radius 2 is 2.27 bits per heavy atom. The lowest BCUT2D eigenvalue weighted by Crippen LogP contribution is -2.57. The fourth-order valence-corrected chi connectivity index (χ4v) is 1.56. The molecule has 1 fully saturated rings. The first kappa shape index (κ1) is 12.5. The summed E-state index contributed by atoms with van der Waals surface area (Å²) in [4.78, 5) is 11.9. The van der Waals surface area contributed by atoms with Gasteiger partial charge in [-0.15, -0.1) is 0 Å². The summed E-state index contributed by atoms with van der Waals surface area (Å²) >= 11 is 0. The van der Waals surface area contributed by atoms with Crippen LogP contribution in [0.15, 0.2) is 0 Å². The van der Waals surface area contributed by atoms with Crippen molar-refractivity contribution in [2.45, 2.75) is 57.2 Å². The molecule has 0 aliphatic heterocycles. The number of carbonyl (C=O) groups is 1. The zero-order chi connectivity index (χ0) is 11.5. The number of nitrogens with one attached hydrogen (secondary N) is 1. The van der Waals surface area contributed by atoms with Crippen molar-refractivity contribution >= 4 is 5.91 Å². The molecule has 0 aromatic carbocycles. The lowest BCUT2D eigenvalue weighted by atomic mass is 9.92. The molecule has 0 radical (unpaired) electrons. The average molecular weight is 214 g/mol. The molecule has 3 N–H and O–H groups in total. The van der Waals surface area contributed by atoms with Crippen LogP contribution in [0.1, 0.15) is 39.5 Å². The van der Waals surface area contributed by atoms with Gasteiger partial charge in [-0.2, -0.15) is 0 Å². The van der Waals surface area contributed by atoms with Crippen LogP contribution in [0.3, 0.4) is 0 Å². The van der Waals surface area contributed by atoms with Gasteiger partial charge in [0.25, 0.3) is 5.91 Å². The van der Waals surface area contributed by atoms with E-state index in [1.54, 1.807) is 14.0 Å². The van der Waals surface area contributed by atoms with Crippen molar-refractivity contribution in [1.82, 2.24) is 5.32 Å². The van der Waals surface area contributed by atoms with E-state index in [1.807, 2.05) is 0 Å². The van der Waals surface area contributed by atoms with Crippen LogP contribution in [-0.2, 0) is 9.53 Å². The predicted molar refractivity (Wildman–Crippen MR) is 59.5 cm³/mol. The average Bonchev–Trinajstić information content (AvgIpc) is 3.00. The fourth-order valence-electron chi connectivity index (χ4n) is 1.56. The number of carbonyl (C=O) groups excluding carboxylic acids is 1. The normalized spacial score (nSPS) is 21.9. The first-order chi connectivity index (χ1) is 7.04. The molecule has 1 aliphatic rings. The maximum absolute atomic E-state index is 11.9. The number of hydrogen-bond acceptors (Lipinski definition) is 3. The lowest BCUT2D eigenvalue weighted by Gasteiger charge is -2.32. The third-order valence-corrected chi connectivity index (χ3v) is 3.09. The summed E-state index contributed by atoms with van der Waals surface area (Å²) in [6, 6.07) is 0.104. The van der Waals surface area contributed by atoms with Crippen molar-refractivity contribution in [2.75, 3.05) is 7.11 Å². The highest BCUT2D eigenvalue weighted by atomic mass is 16.5. The Labute approximate surface area is 91.5 Å². The van der Waals surface area contributed by atoms with E-state index in [0.29, 0.717) is 6.04 Å². The van der Waals surface area contributed by atoms with E-state index in [0.717, 1.165) is 25.7 Å². The van der Waals surface area contributed by atoms with E-state index in [2.05, 4.69) is 12.2 Å². The predicted octanol–water partition coefficient (Wildman–Crippen LogP) is 0.797. The third-order valence-electron chi connectivity index (χ3n) is 3.09. The molecule has 1 amide bonds. The Morgan fingerprint density at radius 1 is 1.67 bits per heavy atom. The van der Waals surface area contributed by atoms with E-state index in [-0.39, 0.29) is 11.9 Å². The summed E-state index contributed by atoms with van der Waals surface area (Å²) in [5.74, 6) is -0.0755. The molecule has 4 heteroatoms. The zero-order valence-corrected chi connectivity index (χ0v) is 9.88. The Kier molecular flexibility index (Phi) is 4.11. The Hall–Kier alpha value is -0.610. The molecule has 1 rings (SSSR count). The molecular formula is C11H22N2O2. The first-order valence-corrected chi connectivity index (χ1v) is 5.66. The van der Waals surface area contributed by atoms with Crippen molar-refractivity contribution in [3.05, 3.63) is 0 Å². The van der Waals surface area contributed by atoms with Gasteiger partial charge in [0.1, 0.15) is 0 Å². The van der Waals surface area contributed by atoms with Crippen LogP contribution in [0.2, 0.25) is 0 Å². The Bertz CT molecular complexity index is 229. The van der Waals surface area contributed by atoms with Gasteiger partial charge < -0.3 is 15.8 Å². The highest BCUT2D eigenvalue weighted by molar-refractivity contribution is 5.86. The molecule has 1 aliphatic carbocycles. The summed E-state index contributed by atoms with van der Waals surface area (Å²) in [6.45, 7) is 3.82. The van der Waals surface area contributed by atoms with Crippen LogP contribution in [0.4, 0.5) is 0 Å². The van der Waals surface area contributed by atoms with Crippen LogP contribution < -0.4 is 11.1 Å². The van der Waals surface area contributed by atoms with Gasteiger partial charge in [0.2, 0.25) is 0 Å². The highest BCUT2D eigenvalue weighted by Crippen LogP contribution is 2.23. The van der Waals surface area contributed by atoms with E-state index >= 15 is 0 Å². The SMILES string of the molecule is CCCC(N)C(C)(OC)C(=O)NC1CC1. The molecule has 0 bridgehead atoms. The molecule has 0 heterocycles. The smallest absolute Gasteiger partial charge is 0.253 e. The van der Waals surface area contributed by atoms with Crippen molar-refractivity contribution in [1.29, 1.82) is 0 Å². The van der Waals surface area contributed by atoms with Crippen molar-refractivity contribution in [2.24, 2.45) is 5.73 Å². The van der Waals surface area contributed by atoms with Crippen LogP contribution in [0.5, 0.6) is 0 Å². The molecule has 0 saturated heterocycles. The molecule has 2 unspecified atom stereocenters. The van der Waals surface area contributed by atoms with E-state index < -0.39 is 5.60 Å². The van der Waals surface area contributed by atoms with Crippen LogP contribution in [-0.4, -0.2) is 30.7 Å². The lowest BCUT2D eigenvalue weighted by molar-refractivity contribution is -0.144. The number of hydrogen-bond donors (Lipinski definition) is 2. The minimum absolute atomic E-state index is 0.0755. The van der Waals surface area contributed by atoms with Gasteiger partial charge in [-0.3, -0.25) is 4.79 Å². The summed E-state index contributed by atoms with van der Waals surface area (Å²) in [7, 11) is 1.54. The minimum Gasteiger partial charge on any atom is -0.367 e. The summed E-state index contributed by atoms with van der Waals surface area (Å²) in [5.41, 5.74) is 5.09. The van der Waals surface area contributed by atoms with Gasteiger partial charge in [0, 0.05) is 19.2 Å². The monoisotopic (exact) mass is 214 g/mol. The van der Waals surface area contributed by atoms with Crippen LogP contribution in [0, 0.1) is 0 Å². The second-order valence-electron chi connectivity index (χ2n) is 4.45. The van der Waals surface area contributed by atoms with E-state index in [1.165, 1.54) is 0 Å². The summed E-state index contributed by atoms with van der Waals surface area (Å²) < 4.78 is 5.31. The maximum Gasteiger partial charge on any atom is 0.253 e. The van der Waals surface area contributed by atoms with E-state index in [4.69, 9.17) is 10.5 Å². The van der Waals surface area contributed by atoms with E-state index in [9.17, 15) is 4.79 Å². The van der Waals surface area contributed by atoms with Gasteiger partial charge in [0.05, 0.1) is 0 Å². The van der Waals surface area contributed by atoms with Gasteiger partial charge in [-0.05, 0) is 26.2 Å². The zero-order valence-electron chi connectivity index (χ0n) is 9.88. The van der Waals surface area contributed by atoms with Crippen molar-refractivity contribution in [3.63, 3.8) is 0 Å². The molecule has 1 saturated carbocycles. The third kappa shape index (κ3) is 2.92. The Morgan fingerprint density at radius 3 is 2.67 bits per heavy atom. The molecule has 0 aromatic heterocycles. The van der Waals surface area contributed by atoms with Gasteiger partial charge in [-0.1, -0.05) is 13.3 Å². The molecule has 4 nitrogen and oxygen atoms in total. The topological polar surface area (TPSA) is 64.3 Å². The second kappa shape index (κ2) is 4.94. The molecule has 0 aromatic rings. The standard InChI is InChI=1S/C11H22N2O2/c1-4-5-9(12)11(2,15-3)10(14)13-8-6-7-8/h8-9H,4-7,12H2,1-3H3,(H,13,14). The molecule has 88 valence electrons. The second-order valence-corrected chi connectivity index (χ2v) is 4.45. The van der Waals surface area contributed by atoms with Gasteiger partial charge >= 0.3 is 0 Å².